The number of carbonyl (C=O) groups excluding carboxylic acids is 1. The minimum absolute atomic E-state index is 0.0937. The van der Waals surface area contributed by atoms with Crippen LogP contribution in [0.25, 0.3) is 5.69 Å². The SMILES string of the molecule is Cc1ccc(-n2nnnc2SCC(=O)Nc2c(C#N)c(C)c(C)n2CC2CCCO2)cc1. The summed E-state index contributed by atoms with van der Waals surface area (Å²) in [5.41, 5.74) is 4.29. The monoisotopic (exact) mass is 451 g/mol. The molecule has 1 aliphatic rings. The van der Waals surface area contributed by atoms with E-state index in [9.17, 15) is 10.1 Å². The molecule has 9 nitrogen and oxygen atoms in total. The summed E-state index contributed by atoms with van der Waals surface area (Å²) in [4.78, 5) is 12.8. The molecule has 0 bridgehead atoms. The number of thioether (sulfide) groups is 1. The van der Waals surface area contributed by atoms with Crippen LogP contribution in [0.1, 0.15) is 35.2 Å². The number of hydrogen-bond donors (Lipinski definition) is 1. The van der Waals surface area contributed by atoms with E-state index in [0.717, 1.165) is 42.0 Å². The van der Waals surface area contributed by atoms with Crippen molar-refractivity contribution in [3.63, 3.8) is 0 Å². The van der Waals surface area contributed by atoms with Gasteiger partial charge in [0.1, 0.15) is 11.9 Å². The van der Waals surface area contributed by atoms with Crippen LogP contribution in [0, 0.1) is 32.1 Å². The van der Waals surface area contributed by atoms with Crippen molar-refractivity contribution in [2.45, 2.75) is 51.4 Å². The van der Waals surface area contributed by atoms with Crippen LogP contribution in [-0.4, -0.2) is 49.1 Å². The van der Waals surface area contributed by atoms with Gasteiger partial charge < -0.3 is 14.6 Å². The maximum atomic E-state index is 12.8. The fourth-order valence-electron chi connectivity index (χ4n) is 3.77. The van der Waals surface area contributed by atoms with E-state index < -0.39 is 0 Å². The minimum Gasteiger partial charge on any atom is -0.376 e. The van der Waals surface area contributed by atoms with E-state index in [0.29, 0.717) is 23.1 Å². The number of hydrogen-bond acceptors (Lipinski definition) is 7. The van der Waals surface area contributed by atoms with E-state index >= 15 is 0 Å². The van der Waals surface area contributed by atoms with Gasteiger partial charge in [-0.3, -0.25) is 4.79 Å². The smallest absolute Gasteiger partial charge is 0.235 e. The van der Waals surface area contributed by atoms with Crippen molar-refractivity contribution in [3.05, 3.63) is 46.6 Å². The first-order valence-corrected chi connectivity index (χ1v) is 11.5. The van der Waals surface area contributed by atoms with Crippen molar-refractivity contribution in [1.29, 1.82) is 5.26 Å². The quantitative estimate of drug-likeness (QED) is 0.549. The number of nitrogens with zero attached hydrogens (tertiary/aromatic N) is 6. The highest BCUT2D eigenvalue weighted by Gasteiger charge is 2.24. The van der Waals surface area contributed by atoms with Gasteiger partial charge in [0.15, 0.2) is 0 Å². The number of benzene rings is 1. The summed E-state index contributed by atoms with van der Waals surface area (Å²) < 4.78 is 9.36. The Labute approximate surface area is 190 Å². The molecule has 1 unspecified atom stereocenters. The third kappa shape index (κ3) is 4.54. The number of aryl methyl sites for hydroxylation is 1. The molecular formula is C22H25N7O2S. The van der Waals surface area contributed by atoms with Gasteiger partial charge in [0, 0.05) is 12.3 Å². The van der Waals surface area contributed by atoms with Crippen molar-refractivity contribution in [2.75, 3.05) is 17.7 Å². The maximum absolute atomic E-state index is 12.8. The summed E-state index contributed by atoms with van der Waals surface area (Å²) in [7, 11) is 0. The number of ether oxygens (including phenoxy) is 1. The van der Waals surface area contributed by atoms with Gasteiger partial charge >= 0.3 is 0 Å². The lowest BCUT2D eigenvalue weighted by atomic mass is 10.2. The van der Waals surface area contributed by atoms with Gasteiger partial charge in [-0.05, 0) is 61.7 Å². The molecule has 1 aliphatic heterocycles. The first-order chi connectivity index (χ1) is 15.5. The fraction of sp³-hybridized carbons (Fsp3) is 0.409. The van der Waals surface area contributed by atoms with E-state index in [4.69, 9.17) is 4.74 Å². The summed E-state index contributed by atoms with van der Waals surface area (Å²) in [6, 6.07) is 10.1. The molecule has 32 heavy (non-hydrogen) atoms. The Morgan fingerprint density at radius 2 is 2.09 bits per heavy atom. The third-order valence-corrected chi connectivity index (χ3v) is 6.58. The largest absolute Gasteiger partial charge is 0.376 e. The molecule has 3 heterocycles. The molecule has 1 atom stereocenters. The highest BCUT2D eigenvalue weighted by Crippen LogP contribution is 2.29. The first-order valence-electron chi connectivity index (χ1n) is 10.5. The molecule has 1 saturated heterocycles. The van der Waals surface area contributed by atoms with Crippen LogP contribution in [0.15, 0.2) is 29.4 Å². The van der Waals surface area contributed by atoms with Gasteiger partial charge in [-0.1, -0.05) is 29.5 Å². The molecule has 1 amide bonds. The lowest BCUT2D eigenvalue weighted by molar-refractivity contribution is -0.113. The molecule has 2 aromatic heterocycles. The van der Waals surface area contributed by atoms with Crippen LogP contribution < -0.4 is 5.32 Å². The molecule has 0 spiro atoms. The van der Waals surface area contributed by atoms with Gasteiger partial charge in [0.2, 0.25) is 11.1 Å². The number of nitrogens with one attached hydrogen (secondary N) is 1. The summed E-state index contributed by atoms with van der Waals surface area (Å²) >= 11 is 1.24. The molecule has 166 valence electrons. The van der Waals surface area contributed by atoms with Crippen molar-refractivity contribution >= 4 is 23.5 Å². The Balaban J connectivity index is 1.48. The minimum atomic E-state index is -0.226. The Bertz CT molecular complexity index is 1150. The fourth-order valence-corrected chi connectivity index (χ4v) is 4.46. The van der Waals surface area contributed by atoms with E-state index in [1.54, 1.807) is 4.68 Å². The molecular weight excluding hydrogens is 426 g/mol. The molecule has 3 aromatic rings. The number of anilines is 1. The first kappa shape index (κ1) is 22.0. The van der Waals surface area contributed by atoms with E-state index in [-0.39, 0.29) is 17.8 Å². The average Bonchev–Trinajstić information content (AvgIpc) is 3.51. The standard InChI is InChI=1S/C22H25N7O2S/c1-14-6-8-17(9-7-14)29-22(25-26-27-29)32-13-20(30)24-21-19(11-23)15(2)16(3)28(21)12-18-5-4-10-31-18/h6-9,18H,4-5,10,12-13H2,1-3H3,(H,24,30). The van der Waals surface area contributed by atoms with Gasteiger partial charge in [0.25, 0.3) is 0 Å². The Morgan fingerprint density at radius 3 is 2.78 bits per heavy atom. The second-order valence-corrected chi connectivity index (χ2v) is 8.78. The van der Waals surface area contributed by atoms with Gasteiger partial charge in [-0.2, -0.15) is 9.94 Å². The lowest BCUT2D eigenvalue weighted by Crippen LogP contribution is -2.22. The zero-order chi connectivity index (χ0) is 22.7. The molecule has 10 heteroatoms. The van der Waals surface area contributed by atoms with Crippen LogP contribution >= 0.6 is 11.8 Å². The number of carbonyl (C=O) groups is 1. The summed E-state index contributed by atoms with van der Waals surface area (Å²) in [5.74, 6) is 0.415. The van der Waals surface area contributed by atoms with Crippen LogP contribution in [0.3, 0.4) is 0 Å². The normalized spacial score (nSPS) is 15.6. The molecule has 0 aliphatic carbocycles. The van der Waals surface area contributed by atoms with E-state index in [1.165, 1.54) is 11.8 Å². The molecule has 0 radical (unpaired) electrons. The predicted molar refractivity (Wildman–Crippen MR) is 121 cm³/mol. The average molecular weight is 452 g/mol. The summed E-state index contributed by atoms with van der Waals surface area (Å²) in [5, 5.41) is 25.0. The highest BCUT2D eigenvalue weighted by atomic mass is 32.2. The van der Waals surface area contributed by atoms with Crippen LogP contribution in [-0.2, 0) is 16.1 Å². The predicted octanol–water partition coefficient (Wildman–Crippen LogP) is 3.17. The second-order valence-electron chi connectivity index (χ2n) is 7.84. The Kier molecular flexibility index (Phi) is 6.58. The van der Waals surface area contributed by atoms with Gasteiger partial charge in [-0.15, -0.1) is 5.10 Å². The summed E-state index contributed by atoms with van der Waals surface area (Å²) in [6.07, 6.45) is 2.10. The van der Waals surface area contributed by atoms with Crippen LogP contribution in [0.2, 0.25) is 0 Å². The van der Waals surface area contributed by atoms with Crippen LogP contribution in [0.4, 0.5) is 5.82 Å². The molecule has 1 N–H and O–H groups in total. The second kappa shape index (κ2) is 9.54. The van der Waals surface area contributed by atoms with Crippen LogP contribution in [0.5, 0.6) is 0 Å². The number of tetrazole rings is 1. The molecule has 4 rings (SSSR count). The summed E-state index contributed by atoms with van der Waals surface area (Å²) in [6.45, 7) is 7.24. The Morgan fingerprint density at radius 1 is 1.31 bits per heavy atom. The lowest BCUT2D eigenvalue weighted by Gasteiger charge is -2.16. The number of amides is 1. The maximum Gasteiger partial charge on any atom is 0.235 e. The van der Waals surface area contributed by atoms with Crippen molar-refractivity contribution in [1.82, 2.24) is 24.8 Å². The third-order valence-electron chi connectivity index (χ3n) is 5.66. The van der Waals surface area contributed by atoms with Crippen molar-refractivity contribution in [2.24, 2.45) is 0 Å². The molecule has 1 aromatic carbocycles. The Hall–Kier alpha value is -3.16. The number of aromatic nitrogens is 5. The number of rotatable bonds is 7. The van der Waals surface area contributed by atoms with Gasteiger partial charge in [-0.25, -0.2) is 0 Å². The van der Waals surface area contributed by atoms with E-state index in [1.807, 2.05) is 49.6 Å². The van der Waals surface area contributed by atoms with Crippen molar-refractivity contribution < 1.29 is 9.53 Å². The zero-order valence-corrected chi connectivity index (χ0v) is 19.1. The highest BCUT2D eigenvalue weighted by molar-refractivity contribution is 7.99. The molecule has 0 saturated carbocycles. The number of nitriles is 1. The molecule has 1 fully saturated rings. The van der Waals surface area contributed by atoms with Gasteiger partial charge in [0.05, 0.1) is 29.7 Å². The topological polar surface area (TPSA) is 111 Å². The zero-order valence-electron chi connectivity index (χ0n) is 18.3. The van der Waals surface area contributed by atoms with Crippen molar-refractivity contribution in [3.8, 4) is 11.8 Å². The van der Waals surface area contributed by atoms with E-state index in [2.05, 4.69) is 26.9 Å².